The molecule has 0 aliphatic heterocycles. The molecule has 0 fully saturated rings. The van der Waals surface area contributed by atoms with E-state index in [0.717, 1.165) is 13.0 Å². The first-order chi connectivity index (χ1) is 9.24. The zero-order valence-electron chi connectivity index (χ0n) is 11.9. The van der Waals surface area contributed by atoms with Crippen molar-refractivity contribution in [1.29, 1.82) is 0 Å². The minimum absolute atomic E-state index is 0.147. The molecule has 0 spiro atoms. The van der Waals surface area contributed by atoms with Crippen LogP contribution in [0.25, 0.3) is 0 Å². The number of rotatable bonds is 7. The first-order valence-corrected chi connectivity index (χ1v) is 6.46. The average Bonchev–Trinajstić information content (AvgIpc) is 2.42. The lowest BCUT2D eigenvalue weighted by Crippen LogP contribution is -2.15. The summed E-state index contributed by atoms with van der Waals surface area (Å²) in [5.41, 5.74) is 0. The molecule has 0 bridgehead atoms. The van der Waals surface area contributed by atoms with Crippen LogP contribution in [0.1, 0.15) is 13.3 Å². The van der Waals surface area contributed by atoms with Crippen molar-refractivity contribution in [2.24, 2.45) is 11.8 Å². The SMILES string of the molecule is C#CC(/C=C\C=C/C(C)CC#C/C=C\C=C)CNC. The highest BCUT2D eigenvalue weighted by molar-refractivity contribution is 5.19. The second kappa shape index (κ2) is 12.5. The predicted octanol–water partition coefficient (Wildman–Crippen LogP) is 3.34. The Morgan fingerprint density at radius 3 is 2.63 bits per heavy atom. The maximum absolute atomic E-state index is 5.41. The van der Waals surface area contributed by atoms with Gasteiger partial charge in [-0.1, -0.05) is 67.7 Å². The van der Waals surface area contributed by atoms with Gasteiger partial charge in [-0.3, -0.25) is 0 Å². The van der Waals surface area contributed by atoms with Gasteiger partial charge in [0.25, 0.3) is 0 Å². The third kappa shape index (κ3) is 10.9. The zero-order chi connectivity index (χ0) is 14.3. The summed E-state index contributed by atoms with van der Waals surface area (Å²) in [5, 5.41) is 3.06. The number of hydrogen-bond acceptors (Lipinski definition) is 1. The van der Waals surface area contributed by atoms with Crippen molar-refractivity contribution in [3.63, 3.8) is 0 Å². The zero-order valence-corrected chi connectivity index (χ0v) is 11.9. The van der Waals surface area contributed by atoms with E-state index in [-0.39, 0.29) is 5.92 Å². The van der Waals surface area contributed by atoms with Crippen LogP contribution in [0.4, 0.5) is 0 Å². The second-order valence-corrected chi connectivity index (χ2v) is 4.20. The molecule has 0 aliphatic rings. The van der Waals surface area contributed by atoms with Gasteiger partial charge in [-0.15, -0.1) is 6.42 Å². The third-order valence-corrected chi connectivity index (χ3v) is 2.37. The summed E-state index contributed by atoms with van der Waals surface area (Å²) in [6.45, 7) is 6.53. The molecule has 0 aromatic carbocycles. The highest BCUT2D eigenvalue weighted by Crippen LogP contribution is 2.03. The molecule has 0 aromatic rings. The number of terminal acetylenes is 1. The van der Waals surface area contributed by atoms with Gasteiger partial charge < -0.3 is 5.32 Å². The van der Waals surface area contributed by atoms with Crippen LogP contribution in [0.15, 0.2) is 49.1 Å². The van der Waals surface area contributed by atoms with E-state index in [1.54, 1.807) is 12.2 Å². The summed E-state index contributed by atoms with van der Waals surface area (Å²) in [6, 6.07) is 0. The van der Waals surface area contributed by atoms with Gasteiger partial charge in [0.2, 0.25) is 0 Å². The summed E-state index contributed by atoms with van der Waals surface area (Å²) >= 11 is 0. The largest absolute Gasteiger partial charge is 0.318 e. The highest BCUT2D eigenvalue weighted by atomic mass is 14.8. The summed E-state index contributed by atoms with van der Waals surface area (Å²) in [5.74, 6) is 9.37. The standard InChI is InChI=1S/C18H23N/c1-5-7-8-9-10-13-17(3)14-11-12-15-18(6-2)16-19-4/h2,5,7-8,11-12,14-15,17-19H,1,13,16H2,3-4H3/b8-7-,14-11-,15-12-. The number of nitrogens with one attached hydrogen (secondary N) is 1. The van der Waals surface area contributed by atoms with Gasteiger partial charge in [0.15, 0.2) is 0 Å². The molecule has 0 heterocycles. The molecule has 0 aromatic heterocycles. The maximum atomic E-state index is 5.41. The lowest BCUT2D eigenvalue weighted by atomic mass is 10.1. The van der Waals surface area contributed by atoms with Crippen LogP contribution in [0.2, 0.25) is 0 Å². The van der Waals surface area contributed by atoms with Crippen molar-refractivity contribution in [2.75, 3.05) is 13.6 Å². The van der Waals surface area contributed by atoms with Gasteiger partial charge in [-0.25, -0.2) is 0 Å². The molecule has 19 heavy (non-hydrogen) atoms. The molecule has 2 atom stereocenters. The second-order valence-electron chi connectivity index (χ2n) is 4.20. The smallest absolute Gasteiger partial charge is 0.0507 e. The maximum Gasteiger partial charge on any atom is 0.0507 e. The summed E-state index contributed by atoms with van der Waals surface area (Å²) in [6.07, 6.45) is 19.8. The van der Waals surface area contributed by atoms with Crippen LogP contribution in [-0.4, -0.2) is 13.6 Å². The quantitative estimate of drug-likeness (QED) is 0.542. The minimum atomic E-state index is 0.147. The fourth-order valence-electron chi connectivity index (χ4n) is 1.32. The topological polar surface area (TPSA) is 12.0 Å². The Labute approximate surface area is 118 Å². The van der Waals surface area contributed by atoms with E-state index in [2.05, 4.69) is 42.7 Å². The van der Waals surface area contributed by atoms with Crippen molar-refractivity contribution < 1.29 is 0 Å². The van der Waals surface area contributed by atoms with Crippen LogP contribution in [0.5, 0.6) is 0 Å². The molecule has 100 valence electrons. The van der Waals surface area contributed by atoms with Gasteiger partial charge in [0.05, 0.1) is 5.92 Å². The monoisotopic (exact) mass is 253 g/mol. The fraction of sp³-hybridized carbons (Fsp3) is 0.333. The Balaban J connectivity index is 4.07. The predicted molar refractivity (Wildman–Crippen MR) is 85.4 cm³/mol. The molecule has 1 nitrogen and oxygen atoms in total. The minimum Gasteiger partial charge on any atom is -0.318 e. The number of hydrogen-bond donors (Lipinski definition) is 1. The van der Waals surface area contributed by atoms with Gasteiger partial charge in [-0.05, 0) is 19.0 Å². The van der Waals surface area contributed by atoms with Crippen LogP contribution in [0, 0.1) is 36.0 Å². The molecule has 2 unspecified atom stereocenters. The number of allylic oxidation sites excluding steroid dienone is 6. The average molecular weight is 253 g/mol. The Hall–Kier alpha value is -1.96. The Bertz CT molecular complexity index is 421. The van der Waals surface area contributed by atoms with E-state index in [1.807, 2.05) is 31.4 Å². The fourth-order valence-corrected chi connectivity index (χ4v) is 1.32. The van der Waals surface area contributed by atoms with Crippen molar-refractivity contribution >= 4 is 0 Å². The summed E-state index contributed by atoms with van der Waals surface area (Å²) < 4.78 is 0. The molecule has 0 saturated carbocycles. The van der Waals surface area contributed by atoms with Gasteiger partial charge in [0.1, 0.15) is 0 Å². The molecular formula is C18H23N. The molecule has 1 N–H and O–H groups in total. The van der Waals surface area contributed by atoms with E-state index in [9.17, 15) is 0 Å². The van der Waals surface area contributed by atoms with Crippen LogP contribution < -0.4 is 5.32 Å². The van der Waals surface area contributed by atoms with E-state index in [1.165, 1.54) is 0 Å². The normalized spacial score (nSPS) is 14.2. The lowest BCUT2D eigenvalue weighted by molar-refractivity contribution is 0.718. The molecule has 0 aliphatic carbocycles. The third-order valence-electron chi connectivity index (χ3n) is 2.37. The van der Waals surface area contributed by atoms with Gasteiger partial charge in [0, 0.05) is 13.0 Å². The first-order valence-electron chi connectivity index (χ1n) is 6.46. The van der Waals surface area contributed by atoms with Crippen molar-refractivity contribution in [3.8, 4) is 24.2 Å². The Kier molecular flexibility index (Phi) is 11.2. The molecule has 0 radical (unpaired) electrons. The Morgan fingerprint density at radius 1 is 1.26 bits per heavy atom. The summed E-state index contributed by atoms with van der Waals surface area (Å²) in [4.78, 5) is 0. The Morgan fingerprint density at radius 2 is 2.00 bits per heavy atom. The molecular weight excluding hydrogens is 230 g/mol. The molecule has 0 saturated heterocycles. The highest BCUT2D eigenvalue weighted by Gasteiger charge is 1.95. The van der Waals surface area contributed by atoms with Gasteiger partial charge in [-0.2, -0.15) is 0 Å². The molecule has 0 amide bonds. The van der Waals surface area contributed by atoms with E-state index in [0.29, 0.717) is 5.92 Å². The van der Waals surface area contributed by atoms with E-state index in [4.69, 9.17) is 6.42 Å². The summed E-state index contributed by atoms with van der Waals surface area (Å²) in [7, 11) is 1.90. The van der Waals surface area contributed by atoms with Crippen LogP contribution in [0.3, 0.4) is 0 Å². The van der Waals surface area contributed by atoms with Crippen LogP contribution in [-0.2, 0) is 0 Å². The van der Waals surface area contributed by atoms with Crippen molar-refractivity contribution in [3.05, 3.63) is 49.1 Å². The van der Waals surface area contributed by atoms with E-state index >= 15 is 0 Å². The molecule has 0 rings (SSSR count). The van der Waals surface area contributed by atoms with Gasteiger partial charge >= 0.3 is 0 Å². The van der Waals surface area contributed by atoms with Crippen molar-refractivity contribution in [2.45, 2.75) is 13.3 Å². The van der Waals surface area contributed by atoms with Crippen molar-refractivity contribution in [1.82, 2.24) is 5.32 Å². The first kappa shape index (κ1) is 17.0. The lowest BCUT2D eigenvalue weighted by Gasteiger charge is -2.02. The van der Waals surface area contributed by atoms with Crippen LogP contribution >= 0.6 is 0 Å². The molecule has 1 heteroatoms. The van der Waals surface area contributed by atoms with E-state index < -0.39 is 0 Å².